The summed E-state index contributed by atoms with van der Waals surface area (Å²) >= 11 is 12.5. The number of ketones is 1. The van der Waals surface area contributed by atoms with Gasteiger partial charge in [-0.05, 0) is 47.9 Å². The van der Waals surface area contributed by atoms with Crippen LogP contribution in [0, 0.1) is 0 Å². The number of allylic oxidation sites excluding steroid dienone is 1. The van der Waals surface area contributed by atoms with Crippen LogP contribution >= 0.6 is 23.2 Å². The lowest BCUT2D eigenvalue weighted by molar-refractivity contribution is 0.0950. The number of benzene rings is 3. The van der Waals surface area contributed by atoms with Crippen molar-refractivity contribution in [3.63, 3.8) is 0 Å². The highest BCUT2D eigenvalue weighted by atomic mass is 35.5. The Labute approximate surface area is 190 Å². The highest BCUT2D eigenvalue weighted by Gasteiger charge is 2.33. The molecule has 0 radical (unpaired) electrons. The zero-order valence-corrected chi connectivity index (χ0v) is 18.1. The maximum Gasteiger partial charge on any atom is 0.231 e. The Hall–Kier alpha value is -2.79. The van der Waals surface area contributed by atoms with Crippen LogP contribution in [0.15, 0.2) is 66.4 Å². The van der Waals surface area contributed by atoms with Crippen molar-refractivity contribution in [2.45, 2.75) is 13.0 Å². The summed E-state index contributed by atoms with van der Waals surface area (Å²) in [5, 5.41) is 1.34. The maximum absolute atomic E-state index is 12.9. The number of halogens is 2. The highest BCUT2D eigenvalue weighted by molar-refractivity contribution is 6.32. The first kappa shape index (κ1) is 20.1. The van der Waals surface area contributed by atoms with Crippen LogP contribution in [0.2, 0.25) is 10.0 Å². The summed E-state index contributed by atoms with van der Waals surface area (Å²) in [6.07, 6.45) is 2.50. The predicted octanol–water partition coefficient (Wildman–Crippen LogP) is 6.00. The summed E-state index contributed by atoms with van der Waals surface area (Å²) in [7, 11) is 0. The third-order valence-corrected chi connectivity index (χ3v) is 6.24. The third kappa shape index (κ3) is 3.94. The summed E-state index contributed by atoms with van der Waals surface area (Å²) < 4.78 is 12.0. The number of ether oxygens (including phenoxy) is 2. The van der Waals surface area contributed by atoms with Gasteiger partial charge in [-0.2, -0.15) is 0 Å². The van der Waals surface area contributed by atoms with Crippen molar-refractivity contribution >= 4 is 35.1 Å². The molecule has 0 unspecified atom stereocenters. The quantitative estimate of drug-likeness (QED) is 0.455. The molecular formula is C25H19Cl2NO3. The summed E-state index contributed by atoms with van der Waals surface area (Å²) in [4.78, 5) is 15.1. The van der Waals surface area contributed by atoms with Crippen LogP contribution < -0.4 is 9.47 Å². The monoisotopic (exact) mass is 451 g/mol. The molecule has 0 N–H and O–H groups in total. The van der Waals surface area contributed by atoms with E-state index in [0.717, 1.165) is 40.4 Å². The summed E-state index contributed by atoms with van der Waals surface area (Å²) in [5.41, 5.74) is 3.28. The summed E-state index contributed by atoms with van der Waals surface area (Å²) in [5.74, 6) is 1.44. The highest BCUT2D eigenvalue weighted by Crippen LogP contribution is 2.42. The molecule has 0 fully saturated rings. The van der Waals surface area contributed by atoms with E-state index in [1.165, 1.54) is 0 Å². The molecule has 3 aromatic carbocycles. The number of rotatable bonds is 4. The Balaban J connectivity index is 1.38. The Kier molecular flexibility index (Phi) is 5.45. The Bertz CT molecular complexity index is 1210. The molecule has 0 aromatic heterocycles. The number of hydrogen-bond acceptors (Lipinski definition) is 4. The van der Waals surface area contributed by atoms with E-state index in [4.69, 9.17) is 32.7 Å². The standard InChI is InChI=1S/C25H19Cl2NO3/c26-20-7-3-1-5-16(20)11-12-28-14-19-22(30-15-28)10-9-18-24(29)23(31-25(18)19)13-17-6-2-4-8-21(17)27/h1-10,13H,11-12,14-15H2/b23-13-. The van der Waals surface area contributed by atoms with E-state index in [1.807, 2.05) is 48.5 Å². The van der Waals surface area contributed by atoms with Crippen LogP contribution in [0.3, 0.4) is 0 Å². The third-order valence-electron chi connectivity index (χ3n) is 5.53. The SMILES string of the molecule is O=C1/C(=C/c2ccccc2Cl)Oc2c1ccc1c2CN(CCc2ccccc2Cl)CO1. The largest absolute Gasteiger partial charge is 0.478 e. The first-order chi connectivity index (χ1) is 15.1. The summed E-state index contributed by atoms with van der Waals surface area (Å²) in [6, 6.07) is 18.8. The van der Waals surface area contributed by atoms with Gasteiger partial charge in [0.05, 0.1) is 11.1 Å². The number of nitrogens with zero attached hydrogens (tertiary/aromatic N) is 1. The van der Waals surface area contributed by atoms with Gasteiger partial charge in [0.2, 0.25) is 5.78 Å². The van der Waals surface area contributed by atoms with Gasteiger partial charge in [0.1, 0.15) is 18.2 Å². The fraction of sp³-hybridized carbons (Fsp3) is 0.160. The van der Waals surface area contributed by atoms with Gasteiger partial charge >= 0.3 is 0 Å². The minimum absolute atomic E-state index is 0.147. The minimum atomic E-state index is -0.147. The molecule has 2 aliphatic rings. The molecule has 3 aromatic rings. The Morgan fingerprint density at radius 2 is 1.74 bits per heavy atom. The fourth-order valence-corrected chi connectivity index (χ4v) is 4.28. The van der Waals surface area contributed by atoms with Gasteiger partial charge in [0.15, 0.2) is 5.76 Å². The van der Waals surface area contributed by atoms with E-state index in [-0.39, 0.29) is 11.5 Å². The van der Waals surface area contributed by atoms with E-state index in [1.54, 1.807) is 18.2 Å². The van der Waals surface area contributed by atoms with Crippen molar-refractivity contribution in [3.8, 4) is 11.5 Å². The number of hydrogen-bond donors (Lipinski definition) is 0. The van der Waals surface area contributed by atoms with Crippen LogP contribution in [-0.4, -0.2) is 24.0 Å². The lowest BCUT2D eigenvalue weighted by atomic mass is 10.0. The molecule has 0 saturated carbocycles. The van der Waals surface area contributed by atoms with E-state index < -0.39 is 0 Å². The van der Waals surface area contributed by atoms with Crippen LogP contribution in [-0.2, 0) is 13.0 Å². The van der Waals surface area contributed by atoms with Crippen molar-refractivity contribution in [2.24, 2.45) is 0 Å². The van der Waals surface area contributed by atoms with Crippen LogP contribution in [0.4, 0.5) is 0 Å². The molecule has 0 spiro atoms. The van der Waals surface area contributed by atoms with Gasteiger partial charge in [-0.1, -0.05) is 59.6 Å². The molecule has 31 heavy (non-hydrogen) atoms. The molecule has 2 aliphatic heterocycles. The normalized spacial score (nSPS) is 16.6. The number of carbonyl (C=O) groups is 1. The molecule has 0 bridgehead atoms. The summed E-state index contributed by atoms with van der Waals surface area (Å²) in [6.45, 7) is 1.89. The Morgan fingerprint density at radius 1 is 0.968 bits per heavy atom. The molecule has 6 heteroatoms. The molecule has 4 nitrogen and oxygen atoms in total. The van der Waals surface area contributed by atoms with E-state index in [2.05, 4.69) is 4.90 Å². The second kappa shape index (κ2) is 8.39. The zero-order chi connectivity index (χ0) is 21.4. The average Bonchev–Trinajstić information content (AvgIpc) is 3.10. The first-order valence-electron chi connectivity index (χ1n) is 10.0. The molecule has 2 heterocycles. The van der Waals surface area contributed by atoms with Crippen molar-refractivity contribution in [1.29, 1.82) is 0 Å². The topological polar surface area (TPSA) is 38.8 Å². The first-order valence-corrected chi connectivity index (χ1v) is 10.8. The molecule has 0 atom stereocenters. The number of carbonyl (C=O) groups excluding carboxylic acids is 1. The van der Waals surface area contributed by atoms with E-state index >= 15 is 0 Å². The van der Waals surface area contributed by atoms with Crippen molar-refractivity contribution in [2.75, 3.05) is 13.3 Å². The molecular weight excluding hydrogens is 433 g/mol. The van der Waals surface area contributed by atoms with Gasteiger partial charge in [0.25, 0.3) is 0 Å². The van der Waals surface area contributed by atoms with Crippen LogP contribution in [0.5, 0.6) is 11.5 Å². The minimum Gasteiger partial charge on any atom is -0.478 e. The van der Waals surface area contributed by atoms with Gasteiger partial charge in [-0.3, -0.25) is 9.69 Å². The van der Waals surface area contributed by atoms with E-state index in [9.17, 15) is 4.79 Å². The second-order valence-corrected chi connectivity index (χ2v) is 8.36. The Morgan fingerprint density at radius 3 is 2.55 bits per heavy atom. The lowest BCUT2D eigenvalue weighted by Gasteiger charge is -2.29. The predicted molar refractivity (Wildman–Crippen MR) is 122 cm³/mol. The maximum atomic E-state index is 12.9. The van der Waals surface area contributed by atoms with Gasteiger partial charge in [0, 0.05) is 23.1 Å². The smallest absolute Gasteiger partial charge is 0.231 e. The molecule has 0 aliphatic carbocycles. The number of fused-ring (bicyclic) bond motifs is 3. The van der Waals surface area contributed by atoms with Crippen LogP contribution in [0.25, 0.3) is 6.08 Å². The van der Waals surface area contributed by atoms with Crippen molar-refractivity contribution in [1.82, 2.24) is 4.90 Å². The lowest BCUT2D eigenvalue weighted by Crippen LogP contribution is -2.33. The number of Topliss-reactive ketones (excluding diaryl/α,β-unsaturated/α-hetero) is 1. The second-order valence-electron chi connectivity index (χ2n) is 7.55. The fourth-order valence-electron chi connectivity index (χ4n) is 3.86. The molecule has 5 rings (SSSR count). The average molecular weight is 452 g/mol. The van der Waals surface area contributed by atoms with Gasteiger partial charge in [-0.25, -0.2) is 0 Å². The zero-order valence-electron chi connectivity index (χ0n) is 16.6. The van der Waals surface area contributed by atoms with Crippen molar-refractivity contribution in [3.05, 3.63) is 98.7 Å². The van der Waals surface area contributed by atoms with Crippen LogP contribution in [0.1, 0.15) is 27.0 Å². The van der Waals surface area contributed by atoms with Gasteiger partial charge < -0.3 is 9.47 Å². The molecule has 156 valence electrons. The van der Waals surface area contributed by atoms with E-state index in [0.29, 0.717) is 29.6 Å². The molecule has 0 saturated heterocycles. The van der Waals surface area contributed by atoms with Crippen molar-refractivity contribution < 1.29 is 14.3 Å². The molecule has 0 amide bonds. The van der Waals surface area contributed by atoms with Gasteiger partial charge in [-0.15, -0.1) is 0 Å².